The predicted octanol–water partition coefficient (Wildman–Crippen LogP) is 5.58. The minimum absolute atomic E-state index is 0.0926. The number of aliphatic imine (C=N–C) groups is 1. The molecule has 0 bridgehead atoms. The summed E-state index contributed by atoms with van der Waals surface area (Å²) in [6.07, 6.45) is 11.9. The molecule has 0 unspecified atom stereocenters. The largest absolute Gasteiger partial charge is 0.397 e. The van der Waals surface area contributed by atoms with Gasteiger partial charge in [0.2, 0.25) is 0 Å². The molecule has 10 heteroatoms. The maximum absolute atomic E-state index is 10.5. The Bertz CT molecular complexity index is 1240. The van der Waals surface area contributed by atoms with Crippen LogP contribution in [0.2, 0.25) is 5.02 Å². The third-order valence-electron chi connectivity index (χ3n) is 6.05. The van der Waals surface area contributed by atoms with E-state index in [0.717, 1.165) is 29.0 Å². The van der Waals surface area contributed by atoms with Gasteiger partial charge in [-0.15, -0.1) is 0 Å². The molecule has 3 rings (SSSR count). The van der Waals surface area contributed by atoms with Crippen molar-refractivity contribution in [3.63, 3.8) is 0 Å². The summed E-state index contributed by atoms with van der Waals surface area (Å²) in [4.78, 5) is 8.60. The van der Waals surface area contributed by atoms with Crippen LogP contribution in [0, 0.1) is 0 Å². The van der Waals surface area contributed by atoms with Crippen molar-refractivity contribution in [3.8, 4) is 0 Å². The number of benzene rings is 2. The number of halogens is 1. The number of hydrogen-bond donors (Lipinski definition) is 2. The lowest BCUT2D eigenvalue weighted by molar-refractivity contribution is -0.0119. The zero-order valence-electron chi connectivity index (χ0n) is 22.4. The fourth-order valence-corrected chi connectivity index (χ4v) is 4.60. The highest BCUT2D eigenvalue weighted by atomic mass is 35.5. The van der Waals surface area contributed by atoms with E-state index in [1.54, 1.807) is 13.1 Å². The first-order chi connectivity index (χ1) is 18.2. The molecule has 8 nitrogen and oxygen atoms in total. The van der Waals surface area contributed by atoms with Crippen LogP contribution in [0.4, 0.5) is 0 Å². The lowest BCUT2D eigenvalue weighted by Crippen LogP contribution is -2.31. The van der Waals surface area contributed by atoms with Crippen molar-refractivity contribution in [1.29, 1.82) is 0 Å². The molecule has 0 fully saturated rings. The average Bonchev–Trinajstić information content (AvgIpc) is 3.02. The Morgan fingerprint density at radius 1 is 0.974 bits per heavy atom. The SMILES string of the molecule is CCCCCCCCCCCCOS(=O)(=O)O.CN=C1CN(O)C(c2ccccc2)=c2cc(Cl)ccc2=N1. The fourth-order valence-electron chi connectivity index (χ4n) is 4.10. The van der Waals surface area contributed by atoms with Crippen LogP contribution in [0.3, 0.4) is 0 Å². The standard InChI is InChI=1S/C16H14ClN3O.C12H26O4S/c1-18-15-10-20(21)16(11-5-3-2-4-6-11)13-9-12(17)7-8-14(13)19-15;1-2-3-4-5-6-7-8-9-10-11-12-16-17(13,14)15/h2-9,21H,10H2,1H3;2-12H2,1H3,(H,13,14,15). The average molecular weight is 566 g/mol. The Hall–Kier alpha value is -2.30. The molecule has 0 aliphatic carbocycles. The highest BCUT2D eigenvalue weighted by molar-refractivity contribution is 7.80. The van der Waals surface area contributed by atoms with E-state index in [4.69, 9.17) is 16.2 Å². The molecule has 0 aromatic heterocycles. The Kier molecular flexibility index (Phi) is 14.5. The van der Waals surface area contributed by atoms with E-state index in [1.165, 1.54) is 50.0 Å². The Morgan fingerprint density at radius 3 is 2.16 bits per heavy atom. The number of nitrogens with zero attached hydrogens (tertiary/aromatic N) is 3. The molecule has 0 saturated heterocycles. The van der Waals surface area contributed by atoms with Crippen molar-refractivity contribution in [2.45, 2.75) is 71.1 Å². The van der Waals surface area contributed by atoms with E-state index in [0.29, 0.717) is 23.0 Å². The first-order valence-corrected chi connectivity index (χ1v) is 15.0. The van der Waals surface area contributed by atoms with Crippen LogP contribution in [0.25, 0.3) is 5.70 Å². The van der Waals surface area contributed by atoms with Gasteiger partial charge in [-0.25, -0.2) is 14.2 Å². The number of fused-ring (bicyclic) bond motifs is 1. The minimum Gasteiger partial charge on any atom is -0.288 e. The van der Waals surface area contributed by atoms with Gasteiger partial charge >= 0.3 is 10.4 Å². The van der Waals surface area contributed by atoms with Gasteiger partial charge in [0.05, 0.1) is 17.7 Å². The molecule has 1 aliphatic heterocycles. The summed E-state index contributed by atoms with van der Waals surface area (Å²) < 4.78 is 33.0. The molecule has 210 valence electrons. The van der Waals surface area contributed by atoms with Crippen LogP contribution in [0.1, 0.15) is 76.7 Å². The number of hydrogen-bond acceptors (Lipinski definition) is 6. The van der Waals surface area contributed by atoms with Crippen LogP contribution >= 0.6 is 11.6 Å². The smallest absolute Gasteiger partial charge is 0.288 e. The molecule has 2 N–H and O–H groups in total. The van der Waals surface area contributed by atoms with Gasteiger partial charge in [-0.3, -0.25) is 14.8 Å². The lowest BCUT2D eigenvalue weighted by Gasteiger charge is -2.19. The van der Waals surface area contributed by atoms with Crippen molar-refractivity contribution < 1.29 is 22.4 Å². The highest BCUT2D eigenvalue weighted by Crippen LogP contribution is 2.16. The third kappa shape index (κ3) is 12.0. The summed E-state index contributed by atoms with van der Waals surface area (Å²) in [5.41, 5.74) is 1.58. The van der Waals surface area contributed by atoms with Crippen LogP contribution < -0.4 is 10.6 Å². The Balaban J connectivity index is 0.000000275. The Labute approximate surface area is 231 Å². The van der Waals surface area contributed by atoms with E-state index < -0.39 is 10.4 Å². The zero-order valence-corrected chi connectivity index (χ0v) is 23.9. The maximum atomic E-state index is 10.5. The molecule has 0 spiro atoms. The summed E-state index contributed by atoms with van der Waals surface area (Å²) in [6, 6.07) is 15.1. The summed E-state index contributed by atoms with van der Waals surface area (Å²) >= 11 is 6.12. The molecular formula is C28H40ClN3O5S. The van der Waals surface area contributed by atoms with Gasteiger partial charge in [0.1, 0.15) is 12.4 Å². The van der Waals surface area contributed by atoms with Gasteiger partial charge in [-0.1, -0.05) is 107 Å². The van der Waals surface area contributed by atoms with Gasteiger partial charge < -0.3 is 0 Å². The van der Waals surface area contributed by atoms with Gasteiger partial charge in [-0.05, 0) is 24.6 Å². The van der Waals surface area contributed by atoms with Crippen molar-refractivity contribution in [2.24, 2.45) is 9.98 Å². The van der Waals surface area contributed by atoms with Crippen LogP contribution in [0.5, 0.6) is 0 Å². The zero-order chi connectivity index (χ0) is 27.8. The number of rotatable bonds is 13. The first kappa shape index (κ1) is 31.9. The molecule has 1 aliphatic rings. The second-order valence-electron chi connectivity index (χ2n) is 9.12. The minimum atomic E-state index is -4.23. The van der Waals surface area contributed by atoms with Gasteiger partial charge in [0, 0.05) is 22.9 Å². The van der Waals surface area contributed by atoms with Gasteiger partial charge in [-0.2, -0.15) is 8.42 Å². The molecule has 0 amide bonds. The third-order valence-corrected chi connectivity index (χ3v) is 6.75. The van der Waals surface area contributed by atoms with E-state index in [2.05, 4.69) is 21.1 Å². The number of amidine groups is 1. The van der Waals surface area contributed by atoms with E-state index in [-0.39, 0.29) is 13.2 Å². The van der Waals surface area contributed by atoms with Crippen LogP contribution in [-0.2, 0) is 14.6 Å². The van der Waals surface area contributed by atoms with E-state index in [1.807, 2.05) is 42.5 Å². The van der Waals surface area contributed by atoms with Crippen molar-refractivity contribution >= 4 is 33.5 Å². The lowest BCUT2D eigenvalue weighted by atomic mass is 10.1. The normalized spacial score (nSPS) is 14.4. The molecule has 2 aromatic carbocycles. The molecular weight excluding hydrogens is 526 g/mol. The molecule has 0 radical (unpaired) electrons. The second kappa shape index (κ2) is 17.3. The van der Waals surface area contributed by atoms with Crippen molar-refractivity contribution in [1.82, 2.24) is 5.06 Å². The molecule has 38 heavy (non-hydrogen) atoms. The summed E-state index contributed by atoms with van der Waals surface area (Å²) in [5, 5.41) is 13.8. The topological polar surface area (TPSA) is 112 Å². The van der Waals surface area contributed by atoms with Crippen molar-refractivity contribution in [2.75, 3.05) is 20.2 Å². The van der Waals surface area contributed by atoms with Gasteiger partial charge in [0.25, 0.3) is 0 Å². The van der Waals surface area contributed by atoms with Crippen LogP contribution in [0.15, 0.2) is 58.5 Å². The van der Waals surface area contributed by atoms with Crippen molar-refractivity contribution in [3.05, 3.63) is 69.7 Å². The molecule has 0 saturated carbocycles. The second-order valence-corrected chi connectivity index (χ2v) is 10.6. The highest BCUT2D eigenvalue weighted by Gasteiger charge is 2.17. The molecule has 1 heterocycles. The summed E-state index contributed by atoms with van der Waals surface area (Å²) in [7, 11) is -2.57. The molecule has 2 aromatic rings. The summed E-state index contributed by atoms with van der Waals surface area (Å²) in [6.45, 7) is 2.54. The number of unbranched alkanes of at least 4 members (excludes halogenated alkanes) is 9. The number of hydroxylamine groups is 2. The monoisotopic (exact) mass is 565 g/mol. The summed E-state index contributed by atoms with van der Waals surface area (Å²) in [5.74, 6) is 0.562. The van der Waals surface area contributed by atoms with Gasteiger partial charge in [0.15, 0.2) is 0 Å². The van der Waals surface area contributed by atoms with E-state index >= 15 is 0 Å². The fraction of sp³-hybridized carbons (Fsp3) is 0.500. The Morgan fingerprint density at radius 2 is 1.58 bits per heavy atom. The first-order valence-electron chi connectivity index (χ1n) is 13.2. The molecule has 0 atom stereocenters. The maximum Gasteiger partial charge on any atom is 0.397 e. The van der Waals surface area contributed by atoms with E-state index in [9.17, 15) is 13.6 Å². The predicted molar refractivity (Wildman–Crippen MR) is 152 cm³/mol. The quantitative estimate of drug-likeness (QED) is 0.242. The van der Waals surface area contributed by atoms with Crippen LogP contribution in [-0.4, -0.2) is 49.3 Å².